The average molecular weight is 263 g/mol. The van der Waals surface area contributed by atoms with Crippen LogP contribution in [0.4, 0.5) is 5.82 Å². The molecule has 1 aliphatic rings. The summed E-state index contributed by atoms with van der Waals surface area (Å²) in [6, 6.07) is 3.69. The first-order valence-corrected chi connectivity index (χ1v) is 6.67. The highest BCUT2D eigenvalue weighted by Gasteiger charge is 2.28. The van der Waals surface area contributed by atoms with Gasteiger partial charge in [0.15, 0.2) is 0 Å². The third kappa shape index (κ3) is 3.23. The van der Waals surface area contributed by atoms with E-state index in [0.717, 1.165) is 25.1 Å². The summed E-state index contributed by atoms with van der Waals surface area (Å²) in [5.41, 5.74) is 0.564. The highest BCUT2D eigenvalue weighted by atomic mass is 16.3. The second-order valence-electron chi connectivity index (χ2n) is 5.25. The summed E-state index contributed by atoms with van der Waals surface area (Å²) in [6.07, 6.45) is 4.58. The normalized spacial score (nSPS) is 22.3. The van der Waals surface area contributed by atoms with Gasteiger partial charge in [0.1, 0.15) is 5.82 Å². The fourth-order valence-corrected chi connectivity index (χ4v) is 2.48. The smallest absolute Gasteiger partial charge is 0.253 e. The topological polar surface area (TPSA) is 65.5 Å². The molecular weight excluding hydrogens is 242 g/mol. The van der Waals surface area contributed by atoms with Crippen molar-refractivity contribution in [2.24, 2.45) is 5.92 Å². The van der Waals surface area contributed by atoms with Crippen LogP contribution >= 0.6 is 0 Å². The number of aliphatic hydroxyl groups is 1. The van der Waals surface area contributed by atoms with E-state index in [9.17, 15) is 9.90 Å². The van der Waals surface area contributed by atoms with E-state index in [1.165, 1.54) is 0 Å². The van der Waals surface area contributed by atoms with Gasteiger partial charge >= 0.3 is 0 Å². The van der Waals surface area contributed by atoms with Gasteiger partial charge in [-0.1, -0.05) is 6.42 Å². The lowest BCUT2D eigenvalue weighted by Crippen LogP contribution is -2.38. The van der Waals surface area contributed by atoms with Crippen molar-refractivity contribution in [3.8, 4) is 0 Å². The molecule has 19 heavy (non-hydrogen) atoms. The molecule has 1 aromatic heterocycles. The molecule has 1 saturated carbocycles. The zero-order chi connectivity index (χ0) is 13.8. The summed E-state index contributed by atoms with van der Waals surface area (Å²) in [4.78, 5) is 18.2. The molecular formula is C14H21N3O2. The Bertz CT molecular complexity index is 431. The standard InChI is InChI=1S/C14H21N3O2/c1-17(2)13-7-6-10(8-15-13)14(19)16-12-5-3-4-11(12)9-18/h6-8,11-12,18H,3-5,9H2,1-2H3,(H,16,19). The van der Waals surface area contributed by atoms with Crippen LogP contribution < -0.4 is 10.2 Å². The number of nitrogens with zero attached hydrogens (tertiary/aromatic N) is 2. The van der Waals surface area contributed by atoms with Gasteiger partial charge in [0.25, 0.3) is 5.91 Å². The number of aromatic nitrogens is 1. The number of rotatable bonds is 4. The van der Waals surface area contributed by atoms with Crippen LogP contribution in [0.5, 0.6) is 0 Å². The van der Waals surface area contributed by atoms with Gasteiger partial charge in [0.05, 0.1) is 5.56 Å². The number of carbonyl (C=O) groups excluding carboxylic acids is 1. The number of anilines is 1. The van der Waals surface area contributed by atoms with Crippen LogP contribution in [0.25, 0.3) is 0 Å². The maximum Gasteiger partial charge on any atom is 0.253 e. The Morgan fingerprint density at radius 3 is 2.84 bits per heavy atom. The minimum Gasteiger partial charge on any atom is -0.396 e. The van der Waals surface area contributed by atoms with Crippen LogP contribution in [0.1, 0.15) is 29.6 Å². The predicted octanol–water partition coefficient (Wildman–Crippen LogP) is 1.04. The van der Waals surface area contributed by atoms with Crippen LogP contribution in [0.15, 0.2) is 18.3 Å². The van der Waals surface area contributed by atoms with E-state index in [1.807, 2.05) is 25.1 Å². The second-order valence-corrected chi connectivity index (χ2v) is 5.25. The average Bonchev–Trinajstić information content (AvgIpc) is 2.86. The van der Waals surface area contributed by atoms with Gasteiger partial charge in [-0.15, -0.1) is 0 Å². The van der Waals surface area contributed by atoms with Crippen molar-refractivity contribution < 1.29 is 9.90 Å². The second kappa shape index (κ2) is 6.02. The van der Waals surface area contributed by atoms with E-state index in [4.69, 9.17) is 0 Å². The Morgan fingerprint density at radius 2 is 2.26 bits per heavy atom. The van der Waals surface area contributed by atoms with Crippen molar-refractivity contribution in [2.75, 3.05) is 25.6 Å². The molecule has 1 aromatic rings. The highest BCUT2D eigenvalue weighted by Crippen LogP contribution is 2.25. The molecule has 0 bridgehead atoms. The van der Waals surface area contributed by atoms with Crippen LogP contribution in [-0.2, 0) is 0 Å². The van der Waals surface area contributed by atoms with Crippen molar-refractivity contribution in [3.63, 3.8) is 0 Å². The van der Waals surface area contributed by atoms with E-state index >= 15 is 0 Å². The summed E-state index contributed by atoms with van der Waals surface area (Å²) >= 11 is 0. The number of hydrogen-bond donors (Lipinski definition) is 2. The molecule has 2 N–H and O–H groups in total. The number of carbonyl (C=O) groups is 1. The minimum absolute atomic E-state index is 0.0889. The minimum atomic E-state index is -0.108. The van der Waals surface area contributed by atoms with Gasteiger partial charge < -0.3 is 15.3 Å². The first-order chi connectivity index (χ1) is 9.11. The van der Waals surface area contributed by atoms with Crippen molar-refractivity contribution >= 4 is 11.7 Å². The number of aliphatic hydroxyl groups excluding tert-OH is 1. The van der Waals surface area contributed by atoms with Crippen molar-refractivity contribution in [2.45, 2.75) is 25.3 Å². The van der Waals surface area contributed by atoms with E-state index in [1.54, 1.807) is 12.3 Å². The largest absolute Gasteiger partial charge is 0.396 e. The summed E-state index contributed by atoms with van der Waals surface area (Å²) in [6.45, 7) is 0.142. The molecule has 5 nitrogen and oxygen atoms in total. The summed E-state index contributed by atoms with van der Waals surface area (Å²) < 4.78 is 0. The third-order valence-corrected chi connectivity index (χ3v) is 3.68. The molecule has 0 spiro atoms. The molecule has 0 aliphatic heterocycles. The monoisotopic (exact) mass is 263 g/mol. The molecule has 1 aliphatic carbocycles. The van der Waals surface area contributed by atoms with Crippen LogP contribution in [0, 0.1) is 5.92 Å². The summed E-state index contributed by atoms with van der Waals surface area (Å²) in [5, 5.41) is 12.2. The number of hydrogen-bond acceptors (Lipinski definition) is 4. The number of amides is 1. The van der Waals surface area contributed by atoms with E-state index in [2.05, 4.69) is 10.3 Å². The van der Waals surface area contributed by atoms with Gasteiger partial charge in [-0.25, -0.2) is 4.98 Å². The Kier molecular flexibility index (Phi) is 4.37. The maximum absolute atomic E-state index is 12.1. The first kappa shape index (κ1) is 13.8. The number of nitrogens with one attached hydrogen (secondary N) is 1. The van der Waals surface area contributed by atoms with Crippen molar-refractivity contribution in [1.29, 1.82) is 0 Å². The molecule has 5 heteroatoms. The molecule has 1 amide bonds. The first-order valence-electron chi connectivity index (χ1n) is 6.67. The summed E-state index contributed by atoms with van der Waals surface area (Å²) in [5.74, 6) is 0.909. The SMILES string of the molecule is CN(C)c1ccc(C(=O)NC2CCCC2CO)cn1. The molecule has 2 rings (SSSR count). The lowest BCUT2D eigenvalue weighted by atomic mass is 10.0. The Labute approximate surface area is 113 Å². The lowest BCUT2D eigenvalue weighted by molar-refractivity contribution is 0.0915. The lowest BCUT2D eigenvalue weighted by Gasteiger charge is -2.19. The zero-order valence-corrected chi connectivity index (χ0v) is 11.5. The molecule has 2 atom stereocenters. The predicted molar refractivity (Wildman–Crippen MR) is 74.2 cm³/mol. The molecule has 1 heterocycles. The van der Waals surface area contributed by atoms with Crippen molar-refractivity contribution in [3.05, 3.63) is 23.9 Å². The van der Waals surface area contributed by atoms with Gasteiger partial charge in [-0.05, 0) is 25.0 Å². The zero-order valence-electron chi connectivity index (χ0n) is 11.5. The van der Waals surface area contributed by atoms with E-state index in [0.29, 0.717) is 5.56 Å². The highest BCUT2D eigenvalue weighted by molar-refractivity contribution is 5.94. The quantitative estimate of drug-likeness (QED) is 0.852. The third-order valence-electron chi connectivity index (χ3n) is 3.68. The fraction of sp³-hybridized carbons (Fsp3) is 0.571. The van der Waals surface area contributed by atoms with E-state index < -0.39 is 0 Å². The Morgan fingerprint density at radius 1 is 1.47 bits per heavy atom. The van der Waals surface area contributed by atoms with E-state index in [-0.39, 0.29) is 24.5 Å². The molecule has 104 valence electrons. The molecule has 2 unspecified atom stereocenters. The van der Waals surface area contributed by atoms with Crippen LogP contribution in [0.3, 0.4) is 0 Å². The van der Waals surface area contributed by atoms with Gasteiger partial charge in [0, 0.05) is 38.9 Å². The van der Waals surface area contributed by atoms with Crippen molar-refractivity contribution in [1.82, 2.24) is 10.3 Å². The van der Waals surface area contributed by atoms with Crippen LogP contribution in [-0.4, -0.2) is 42.7 Å². The fourth-order valence-electron chi connectivity index (χ4n) is 2.48. The van der Waals surface area contributed by atoms with Crippen LogP contribution in [0.2, 0.25) is 0 Å². The van der Waals surface area contributed by atoms with Gasteiger partial charge in [-0.2, -0.15) is 0 Å². The maximum atomic E-state index is 12.1. The molecule has 0 saturated heterocycles. The van der Waals surface area contributed by atoms with Gasteiger partial charge in [0.2, 0.25) is 0 Å². The summed E-state index contributed by atoms with van der Waals surface area (Å²) in [7, 11) is 3.82. The Balaban J connectivity index is 1.99. The molecule has 0 radical (unpaired) electrons. The van der Waals surface area contributed by atoms with Gasteiger partial charge in [-0.3, -0.25) is 4.79 Å². The molecule has 1 fully saturated rings. The molecule has 0 aromatic carbocycles. The number of pyridine rings is 1. The Hall–Kier alpha value is -1.62.